The molecular weight excluding hydrogens is 579 g/mol. The van der Waals surface area contributed by atoms with E-state index in [0.717, 1.165) is 9.25 Å². The van der Waals surface area contributed by atoms with E-state index in [1.807, 2.05) is 0 Å². The van der Waals surface area contributed by atoms with Crippen LogP contribution >= 0.6 is 11.6 Å². The number of anilines is 1. The number of aromatic amines is 1. The Hall–Kier alpha value is -4.76. The molecule has 1 atom stereocenters. The Kier molecular flexibility index (Phi) is 7.71. The lowest BCUT2D eigenvalue weighted by atomic mass is 10.1. The Morgan fingerprint density at radius 3 is 2.50 bits per heavy atom. The number of carbonyl (C=O) groups excluding carboxylic acids is 1. The van der Waals surface area contributed by atoms with Gasteiger partial charge in [0.1, 0.15) is 12.9 Å². The average Bonchev–Trinajstić information content (AvgIpc) is 3.63. The molecule has 0 aliphatic heterocycles. The Morgan fingerprint density at radius 1 is 1.12 bits per heavy atom. The van der Waals surface area contributed by atoms with Crippen molar-refractivity contribution in [2.75, 3.05) is 5.32 Å². The van der Waals surface area contributed by atoms with Crippen LogP contribution in [0.25, 0.3) is 17.1 Å². The summed E-state index contributed by atoms with van der Waals surface area (Å²) < 4.78 is 42.4. The predicted octanol–water partition coefficient (Wildman–Crippen LogP) is 3.51. The van der Waals surface area contributed by atoms with Gasteiger partial charge in [0.25, 0.3) is 5.91 Å². The first-order chi connectivity index (χ1) is 19.9. The number of aliphatic hydroxyl groups is 1. The van der Waals surface area contributed by atoms with Crippen molar-refractivity contribution in [3.05, 3.63) is 93.1 Å². The summed E-state index contributed by atoms with van der Waals surface area (Å²) in [5.41, 5.74) is 1.92. The SMILES string of the molecule is Cc1n[nH]c(C)c1NC(=O)c1ccccc1-n1cnc(Cn2nc(-c3ccc(Cl)cc3)n(CC(O)C(F)(F)F)c2=O)n1. The molecule has 0 spiro atoms. The average molecular weight is 602 g/mol. The molecule has 3 heterocycles. The summed E-state index contributed by atoms with van der Waals surface area (Å²) in [5.74, 6) is -0.426. The molecule has 1 amide bonds. The van der Waals surface area contributed by atoms with E-state index in [-0.39, 0.29) is 23.8 Å². The molecule has 0 radical (unpaired) electrons. The summed E-state index contributed by atoms with van der Waals surface area (Å²) in [6, 6.07) is 12.6. The molecule has 42 heavy (non-hydrogen) atoms. The Balaban J connectivity index is 1.45. The first kappa shape index (κ1) is 28.8. The van der Waals surface area contributed by atoms with Gasteiger partial charge in [-0.15, -0.1) is 10.2 Å². The van der Waals surface area contributed by atoms with Gasteiger partial charge in [-0.3, -0.25) is 14.5 Å². The number of carbonyl (C=O) groups is 1. The summed E-state index contributed by atoms with van der Waals surface area (Å²) in [7, 11) is 0. The number of aromatic nitrogens is 8. The van der Waals surface area contributed by atoms with Gasteiger partial charge in [0.05, 0.1) is 34.9 Å². The number of nitrogens with zero attached hydrogens (tertiary/aromatic N) is 7. The zero-order valence-corrected chi connectivity index (χ0v) is 22.8. The van der Waals surface area contributed by atoms with E-state index < -0.39 is 30.4 Å². The molecule has 16 heteroatoms. The Labute approximate surface area is 240 Å². The second kappa shape index (κ2) is 11.3. The van der Waals surface area contributed by atoms with Crippen molar-refractivity contribution >= 4 is 23.2 Å². The van der Waals surface area contributed by atoms with Gasteiger partial charge in [-0.1, -0.05) is 23.7 Å². The number of para-hydroxylation sites is 1. The maximum absolute atomic E-state index is 13.2. The molecule has 0 bridgehead atoms. The summed E-state index contributed by atoms with van der Waals surface area (Å²) in [4.78, 5) is 30.5. The summed E-state index contributed by atoms with van der Waals surface area (Å²) in [6.07, 6.45) is -6.41. The number of H-pyrrole nitrogens is 1. The Bertz CT molecular complexity index is 1790. The van der Waals surface area contributed by atoms with E-state index in [9.17, 15) is 27.9 Å². The number of halogens is 4. The van der Waals surface area contributed by atoms with Crippen LogP contribution in [0.2, 0.25) is 5.02 Å². The molecule has 3 aromatic heterocycles. The molecule has 0 saturated carbocycles. The van der Waals surface area contributed by atoms with Gasteiger partial charge in [-0.05, 0) is 50.2 Å². The molecule has 0 saturated heterocycles. The van der Waals surface area contributed by atoms with Gasteiger partial charge < -0.3 is 10.4 Å². The van der Waals surface area contributed by atoms with E-state index in [0.29, 0.717) is 33.3 Å². The monoisotopic (exact) mass is 601 g/mol. The first-order valence-electron chi connectivity index (χ1n) is 12.4. The molecular formula is C26H23ClF3N9O3. The van der Waals surface area contributed by atoms with Crippen molar-refractivity contribution in [2.24, 2.45) is 0 Å². The Morgan fingerprint density at radius 2 is 1.83 bits per heavy atom. The normalized spacial score (nSPS) is 12.5. The molecule has 12 nitrogen and oxygen atoms in total. The minimum Gasteiger partial charge on any atom is -0.382 e. The van der Waals surface area contributed by atoms with Crippen LogP contribution in [0.4, 0.5) is 18.9 Å². The first-order valence-corrected chi connectivity index (χ1v) is 12.8. The van der Waals surface area contributed by atoms with Crippen molar-refractivity contribution in [1.82, 2.24) is 39.3 Å². The lowest BCUT2D eigenvalue weighted by Crippen LogP contribution is -2.37. The van der Waals surface area contributed by atoms with Gasteiger partial charge in [0, 0.05) is 10.6 Å². The molecule has 218 valence electrons. The van der Waals surface area contributed by atoms with Crippen LogP contribution in [0.5, 0.6) is 0 Å². The van der Waals surface area contributed by atoms with Crippen LogP contribution in [0.15, 0.2) is 59.7 Å². The zero-order valence-electron chi connectivity index (χ0n) is 22.1. The van der Waals surface area contributed by atoms with Gasteiger partial charge >= 0.3 is 11.9 Å². The third-order valence-corrected chi connectivity index (χ3v) is 6.60. The lowest BCUT2D eigenvalue weighted by Gasteiger charge is -2.15. The molecule has 5 aromatic rings. The third-order valence-electron chi connectivity index (χ3n) is 6.35. The van der Waals surface area contributed by atoms with Crippen molar-refractivity contribution < 1.29 is 23.1 Å². The third kappa shape index (κ3) is 5.82. The topological polar surface area (TPSA) is 149 Å². The summed E-state index contributed by atoms with van der Waals surface area (Å²) in [5, 5.41) is 28.3. The highest BCUT2D eigenvalue weighted by atomic mass is 35.5. The van der Waals surface area contributed by atoms with Gasteiger partial charge in [-0.2, -0.15) is 18.3 Å². The highest BCUT2D eigenvalue weighted by Crippen LogP contribution is 2.24. The van der Waals surface area contributed by atoms with Crippen LogP contribution in [-0.2, 0) is 13.1 Å². The second-order valence-corrected chi connectivity index (χ2v) is 9.76. The van der Waals surface area contributed by atoms with Gasteiger partial charge in [0.2, 0.25) is 0 Å². The zero-order chi connectivity index (χ0) is 30.2. The number of hydrogen-bond donors (Lipinski definition) is 3. The molecule has 3 N–H and O–H groups in total. The largest absolute Gasteiger partial charge is 0.416 e. The molecule has 0 aliphatic carbocycles. The molecule has 5 rings (SSSR count). The summed E-state index contributed by atoms with van der Waals surface area (Å²) >= 11 is 5.93. The maximum atomic E-state index is 13.2. The van der Waals surface area contributed by atoms with Crippen LogP contribution in [-0.4, -0.2) is 62.6 Å². The van der Waals surface area contributed by atoms with Crippen LogP contribution < -0.4 is 11.0 Å². The van der Waals surface area contributed by atoms with Crippen molar-refractivity contribution in [3.63, 3.8) is 0 Å². The number of benzene rings is 2. The summed E-state index contributed by atoms with van der Waals surface area (Å²) in [6.45, 7) is 2.15. The molecule has 1 unspecified atom stereocenters. The van der Waals surface area contributed by atoms with Crippen molar-refractivity contribution in [3.8, 4) is 17.1 Å². The van der Waals surface area contributed by atoms with Crippen LogP contribution in [0.3, 0.4) is 0 Å². The fourth-order valence-corrected chi connectivity index (χ4v) is 4.32. The van der Waals surface area contributed by atoms with Gasteiger partial charge in [0.15, 0.2) is 17.8 Å². The number of aliphatic hydroxyl groups excluding tert-OH is 1. The fraction of sp³-hybridized carbons (Fsp3) is 0.231. The molecule has 0 fully saturated rings. The minimum atomic E-state index is -4.95. The second-order valence-electron chi connectivity index (χ2n) is 9.32. The van der Waals surface area contributed by atoms with Crippen molar-refractivity contribution in [2.45, 2.75) is 39.2 Å². The maximum Gasteiger partial charge on any atom is 0.416 e. The van der Waals surface area contributed by atoms with E-state index in [4.69, 9.17) is 11.6 Å². The lowest BCUT2D eigenvalue weighted by molar-refractivity contribution is -0.207. The predicted molar refractivity (Wildman–Crippen MR) is 145 cm³/mol. The van der Waals surface area contributed by atoms with Crippen LogP contribution in [0.1, 0.15) is 27.6 Å². The van der Waals surface area contributed by atoms with Gasteiger partial charge in [-0.25, -0.2) is 19.1 Å². The highest BCUT2D eigenvalue weighted by molar-refractivity contribution is 6.30. The number of hydrogen-bond acceptors (Lipinski definition) is 7. The number of alkyl halides is 3. The number of nitrogens with one attached hydrogen (secondary N) is 2. The molecule has 0 aliphatic rings. The smallest absolute Gasteiger partial charge is 0.382 e. The van der Waals surface area contributed by atoms with E-state index in [1.165, 1.54) is 35.3 Å². The van der Waals surface area contributed by atoms with E-state index >= 15 is 0 Å². The highest BCUT2D eigenvalue weighted by Gasteiger charge is 2.39. The van der Waals surface area contributed by atoms with E-state index in [1.54, 1.807) is 38.1 Å². The van der Waals surface area contributed by atoms with E-state index in [2.05, 4.69) is 30.7 Å². The molecule has 2 aromatic carbocycles. The quantitative estimate of drug-likeness (QED) is 0.246. The van der Waals surface area contributed by atoms with Crippen LogP contribution in [0, 0.1) is 13.8 Å². The van der Waals surface area contributed by atoms with Crippen molar-refractivity contribution in [1.29, 1.82) is 0 Å². The number of rotatable bonds is 8. The standard InChI is InChI=1S/C26H23ClF3N9O3/c1-14-22(15(2)34-33-14)32-24(41)18-5-3-4-6-19(18)39-13-31-21(35-39)12-38-25(42)37(11-20(40)26(28,29)30)23(36-38)16-7-9-17(27)10-8-16/h3-10,13,20,40H,11-12H2,1-2H3,(H,32,41)(H,33,34). The fourth-order valence-electron chi connectivity index (χ4n) is 4.20. The number of aryl methyl sites for hydroxylation is 2. The minimum absolute atomic E-state index is 0.0949. The number of amides is 1.